The summed E-state index contributed by atoms with van der Waals surface area (Å²) in [7, 11) is 0. The normalized spacial score (nSPS) is 9.91. The average molecular weight is 333 g/mol. The molecule has 0 spiro atoms. The number of nitrogens with zero attached hydrogens (tertiary/aromatic N) is 2. The summed E-state index contributed by atoms with van der Waals surface area (Å²) >= 11 is 0. The molecule has 0 atom stereocenters. The Kier molecular flexibility index (Phi) is 4.82. The van der Waals surface area contributed by atoms with Gasteiger partial charge in [-0.05, 0) is 36.4 Å². The van der Waals surface area contributed by atoms with E-state index < -0.39 is 5.97 Å². The summed E-state index contributed by atoms with van der Waals surface area (Å²) < 4.78 is 10.4. The second-order valence-electron chi connectivity index (χ2n) is 4.45. The number of aliphatic imine (C=N–C) groups is 1. The van der Waals surface area contributed by atoms with Crippen LogP contribution in [0.4, 0.5) is 5.69 Å². The molecule has 7 nitrogen and oxygen atoms in total. The number of esters is 1. The van der Waals surface area contributed by atoms with Gasteiger partial charge in [0.2, 0.25) is 0 Å². The SMILES string of the molecule is Cl.NC(N)=Nc1ccc(C(=O)Oc2ccc3ocnc3c2)cc1. The molecule has 2 aromatic carbocycles. The largest absolute Gasteiger partial charge is 0.443 e. The highest BCUT2D eigenvalue weighted by Gasteiger charge is 2.10. The Bertz CT molecular complexity index is 855. The van der Waals surface area contributed by atoms with Crippen LogP contribution in [0.1, 0.15) is 10.4 Å². The molecule has 0 aliphatic rings. The van der Waals surface area contributed by atoms with Crippen molar-refractivity contribution in [3.63, 3.8) is 0 Å². The van der Waals surface area contributed by atoms with E-state index in [4.69, 9.17) is 20.6 Å². The molecule has 23 heavy (non-hydrogen) atoms. The zero-order chi connectivity index (χ0) is 15.5. The lowest BCUT2D eigenvalue weighted by Crippen LogP contribution is -2.21. The second kappa shape index (κ2) is 6.80. The predicted octanol–water partition coefficient (Wildman–Crippen LogP) is 2.37. The number of ether oxygens (including phenoxy) is 1. The van der Waals surface area contributed by atoms with Gasteiger partial charge < -0.3 is 20.6 Å². The van der Waals surface area contributed by atoms with Gasteiger partial charge in [0.25, 0.3) is 0 Å². The number of aromatic nitrogens is 1. The molecule has 3 rings (SSSR count). The van der Waals surface area contributed by atoms with Crippen molar-refractivity contribution in [2.24, 2.45) is 16.5 Å². The van der Waals surface area contributed by atoms with Crippen molar-refractivity contribution in [3.8, 4) is 5.75 Å². The number of halogens is 1. The number of fused-ring (bicyclic) bond motifs is 1. The monoisotopic (exact) mass is 332 g/mol. The molecule has 1 aromatic heterocycles. The first-order valence-corrected chi connectivity index (χ1v) is 6.37. The first kappa shape index (κ1) is 16.3. The first-order chi connectivity index (χ1) is 10.6. The highest BCUT2D eigenvalue weighted by Crippen LogP contribution is 2.21. The van der Waals surface area contributed by atoms with Gasteiger partial charge in [-0.1, -0.05) is 0 Å². The van der Waals surface area contributed by atoms with Gasteiger partial charge in [-0.3, -0.25) is 0 Å². The molecular formula is C15H13ClN4O3. The highest BCUT2D eigenvalue weighted by molar-refractivity contribution is 5.92. The Morgan fingerprint density at radius 2 is 1.87 bits per heavy atom. The number of guanidine groups is 1. The number of rotatable bonds is 3. The molecule has 0 unspecified atom stereocenters. The van der Waals surface area contributed by atoms with E-state index in [-0.39, 0.29) is 18.4 Å². The lowest BCUT2D eigenvalue weighted by atomic mass is 10.2. The Labute approximate surface area is 137 Å². The maximum atomic E-state index is 12.1. The van der Waals surface area contributed by atoms with Gasteiger partial charge >= 0.3 is 5.97 Å². The summed E-state index contributed by atoms with van der Waals surface area (Å²) in [6.45, 7) is 0. The molecule has 0 bridgehead atoms. The van der Waals surface area contributed by atoms with Crippen molar-refractivity contribution in [2.45, 2.75) is 0 Å². The molecule has 0 aliphatic carbocycles. The number of carbonyl (C=O) groups is 1. The Morgan fingerprint density at radius 3 is 2.57 bits per heavy atom. The van der Waals surface area contributed by atoms with Crippen molar-refractivity contribution >= 4 is 41.1 Å². The fourth-order valence-corrected chi connectivity index (χ4v) is 1.89. The quantitative estimate of drug-likeness (QED) is 0.329. The van der Waals surface area contributed by atoms with E-state index in [0.717, 1.165) is 0 Å². The summed E-state index contributed by atoms with van der Waals surface area (Å²) in [5, 5.41) is 0. The maximum absolute atomic E-state index is 12.1. The fraction of sp³-hybridized carbons (Fsp3) is 0. The van der Waals surface area contributed by atoms with E-state index >= 15 is 0 Å². The lowest BCUT2D eigenvalue weighted by molar-refractivity contribution is 0.0735. The van der Waals surface area contributed by atoms with Crippen LogP contribution in [0.3, 0.4) is 0 Å². The molecule has 0 amide bonds. The Hall–Kier alpha value is -3.06. The number of hydrogen-bond donors (Lipinski definition) is 2. The third-order valence-corrected chi connectivity index (χ3v) is 2.87. The van der Waals surface area contributed by atoms with E-state index in [1.807, 2.05) is 0 Å². The van der Waals surface area contributed by atoms with Crippen LogP contribution in [-0.4, -0.2) is 16.9 Å². The topological polar surface area (TPSA) is 117 Å². The van der Waals surface area contributed by atoms with Gasteiger partial charge in [0.15, 0.2) is 17.9 Å². The van der Waals surface area contributed by atoms with Crippen molar-refractivity contribution in [3.05, 3.63) is 54.4 Å². The third-order valence-electron chi connectivity index (χ3n) is 2.87. The molecule has 0 fully saturated rings. The van der Waals surface area contributed by atoms with Crippen LogP contribution < -0.4 is 16.2 Å². The molecule has 1 heterocycles. The van der Waals surface area contributed by atoms with Crippen LogP contribution >= 0.6 is 12.4 Å². The van der Waals surface area contributed by atoms with Gasteiger partial charge in [0, 0.05) is 6.07 Å². The van der Waals surface area contributed by atoms with E-state index in [1.165, 1.54) is 6.39 Å². The van der Waals surface area contributed by atoms with Crippen molar-refractivity contribution in [1.29, 1.82) is 0 Å². The minimum atomic E-state index is -0.487. The highest BCUT2D eigenvalue weighted by atomic mass is 35.5. The number of nitrogens with two attached hydrogens (primary N) is 2. The number of benzene rings is 2. The van der Waals surface area contributed by atoms with Gasteiger partial charge in [0.05, 0.1) is 11.3 Å². The van der Waals surface area contributed by atoms with Crippen LogP contribution in [0.2, 0.25) is 0 Å². The van der Waals surface area contributed by atoms with Gasteiger partial charge in [-0.15, -0.1) is 12.4 Å². The molecular weight excluding hydrogens is 320 g/mol. The van der Waals surface area contributed by atoms with Gasteiger partial charge in [0.1, 0.15) is 11.3 Å². The lowest BCUT2D eigenvalue weighted by Gasteiger charge is -2.04. The molecule has 4 N–H and O–H groups in total. The van der Waals surface area contributed by atoms with Crippen molar-refractivity contribution in [1.82, 2.24) is 4.98 Å². The number of oxazole rings is 1. The van der Waals surface area contributed by atoms with Gasteiger partial charge in [-0.25, -0.2) is 14.8 Å². The smallest absolute Gasteiger partial charge is 0.343 e. The fourth-order valence-electron chi connectivity index (χ4n) is 1.89. The molecule has 8 heteroatoms. The standard InChI is InChI=1S/C15H12N4O3.ClH/c16-15(17)19-10-3-1-9(2-4-10)14(20)22-11-5-6-13-12(7-11)18-8-21-13;/h1-8H,(H4,16,17,19);1H. The number of hydrogen-bond acceptors (Lipinski definition) is 5. The van der Waals surface area contributed by atoms with Crippen LogP contribution in [0.15, 0.2) is 58.3 Å². The molecule has 118 valence electrons. The van der Waals surface area contributed by atoms with Crippen molar-refractivity contribution in [2.75, 3.05) is 0 Å². The van der Waals surface area contributed by atoms with E-state index in [9.17, 15) is 4.79 Å². The third kappa shape index (κ3) is 3.78. The maximum Gasteiger partial charge on any atom is 0.343 e. The summed E-state index contributed by atoms with van der Waals surface area (Å²) in [4.78, 5) is 19.9. The molecule has 3 aromatic rings. The molecule has 0 saturated carbocycles. The molecule has 0 saturated heterocycles. The Balaban J connectivity index is 0.00000192. The van der Waals surface area contributed by atoms with Crippen LogP contribution in [0, 0.1) is 0 Å². The summed E-state index contributed by atoms with van der Waals surface area (Å²) in [6.07, 6.45) is 1.33. The summed E-state index contributed by atoms with van der Waals surface area (Å²) in [5.41, 5.74) is 12.8. The average Bonchev–Trinajstić information content (AvgIpc) is 2.95. The summed E-state index contributed by atoms with van der Waals surface area (Å²) in [6, 6.07) is 11.4. The summed E-state index contributed by atoms with van der Waals surface area (Å²) in [5.74, 6) is -0.143. The first-order valence-electron chi connectivity index (χ1n) is 6.37. The van der Waals surface area contributed by atoms with Gasteiger partial charge in [-0.2, -0.15) is 0 Å². The predicted molar refractivity (Wildman–Crippen MR) is 88.1 cm³/mol. The minimum Gasteiger partial charge on any atom is -0.443 e. The minimum absolute atomic E-state index is 0. The van der Waals surface area contributed by atoms with Crippen LogP contribution in [-0.2, 0) is 0 Å². The molecule has 0 radical (unpaired) electrons. The van der Waals surface area contributed by atoms with Crippen molar-refractivity contribution < 1.29 is 13.9 Å². The zero-order valence-corrected chi connectivity index (χ0v) is 12.6. The Morgan fingerprint density at radius 1 is 1.13 bits per heavy atom. The van der Waals surface area contributed by atoms with E-state index in [2.05, 4.69) is 9.98 Å². The van der Waals surface area contributed by atoms with E-state index in [1.54, 1.807) is 42.5 Å². The van der Waals surface area contributed by atoms with Crippen LogP contribution in [0.25, 0.3) is 11.1 Å². The molecule has 0 aliphatic heterocycles. The number of carbonyl (C=O) groups excluding carboxylic acids is 1. The van der Waals surface area contributed by atoms with Crippen LogP contribution in [0.5, 0.6) is 5.75 Å². The second-order valence-corrected chi connectivity index (χ2v) is 4.45. The van der Waals surface area contributed by atoms with E-state index in [0.29, 0.717) is 28.1 Å². The zero-order valence-electron chi connectivity index (χ0n) is 11.8.